The lowest BCUT2D eigenvalue weighted by atomic mass is 9.98. The van der Waals surface area contributed by atoms with Gasteiger partial charge in [-0.2, -0.15) is 0 Å². The van der Waals surface area contributed by atoms with Crippen molar-refractivity contribution in [1.82, 2.24) is 0 Å². The Morgan fingerprint density at radius 2 is 2.19 bits per heavy atom. The highest BCUT2D eigenvalue weighted by molar-refractivity contribution is 5.93. The summed E-state index contributed by atoms with van der Waals surface area (Å²) < 4.78 is 10.2. The molecule has 1 amide bonds. The van der Waals surface area contributed by atoms with Crippen LogP contribution in [0.5, 0.6) is 5.75 Å². The third kappa shape index (κ3) is 5.16. The number of non-ortho nitro benzene ring substituents is 1. The topological polar surface area (TPSA) is 112 Å². The highest BCUT2D eigenvalue weighted by Crippen LogP contribution is 2.28. The Kier molecular flexibility index (Phi) is 6.90. The quantitative estimate of drug-likeness (QED) is 0.410. The Bertz CT molecular complexity index is 678. The van der Waals surface area contributed by atoms with Gasteiger partial charge in [-0.1, -0.05) is 0 Å². The van der Waals surface area contributed by atoms with Gasteiger partial charge in [0.05, 0.1) is 37.4 Å². The molecule has 1 saturated heterocycles. The first-order chi connectivity index (χ1) is 12.4. The maximum absolute atomic E-state index is 12.4. The number of anilines is 1. The van der Waals surface area contributed by atoms with Crippen LogP contribution in [0.1, 0.15) is 19.8 Å². The summed E-state index contributed by atoms with van der Waals surface area (Å²) in [5, 5.41) is 13.6. The second-order valence-electron chi connectivity index (χ2n) is 6.16. The van der Waals surface area contributed by atoms with E-state index in [2.05, 4.69) is 5.32 Å². The van der Waals surface area contributed by atoms with E-state index in [-0.39, 0.29) is 35.7 Å². The molecule has 1 aromatic rings. The smallest absolute Gasteiger partial charge is 0.314 e. The van der Waals surface area contributed by atoms with Crippen molar-refractivity contribution in [2.45, 2.75) is 19.8 Å². The van der Waals surface area contributed by atoms with Gasteiger partial charge in [0.15, 0.2) is 6.54 Å². The number of nitro benzene ring substituents is 1. The number of piperidine rings is 1. The number of benzene rings is 1. The summed E-state index contributed by atoms with van der Waals surface area (Å²) in [5.41, 5.74) is 0.124. The summed E-state index contributed by atoms with van der Waals surface area (Å²) in [7, 11) is 1.43. The number of quaternary nitrogens is 1. The van der Waals surface area contributed by atoms with E-state index in [0.29, 0.717) is 18.9 Å². The predicted octanol–water partition coefficient (Wildman–Crippen LogP) is 0.400. The minimum atomic E-state index is -0.533. The van der Waals surface area contributed by atoms with E-state index < -0.39 is 4.92 Å². The molecule has 0 aliphatic carbocycles. The van der Waals surface area contributed by atoms with Crippen LogP contribution in [0.3, 0.4) is 0 Å². The molecule has 2 rings (SSSR count). The number of likely N-dealkylation sites (tertiary alicyclic amines) is 1. The number of nitro groups is 1. The molecule has 2 N–H and O–H groups in total. The van der Waals surface area contributed by atoms with Crippen molar-refractivity contribution >= 4 is 23.3 Å². The molecule has 0 radical (unpaired) electrons. The zero-order chi connectivity index (χ0) is 19.1. The summed E-state index contributed by atoms with van der Waals surface area (Å²) in [4.78, 5) is 35.6. The second-order valence-corrected chi connectivity index (χ2v) is 6.16. The summed E-state index contributed by atoms with van der Waals surface area (Å²) in [6.45, 7) is 3.61. The first-order valence-corrected chi connectivity index (χ1v) is 8.57. The van der Waals surface area contributed by atoms with Crippen molar-refractivity contribution in [2.24, 2.45) is 5.92 Å². The van der Waals surface area contributed by atoms with Gasteiger partial charge in [0, 0.05) is 12.1 Å². The Balaban J connectivity index is 1.99. The molecule has 1 aromatic carbocycles. The fourth-order valence-electron chi connectivity index (χ4n) is 3.10. The lowest BCUT2D eigenvalue weighted by molar-refractivity contribution is -0.899. The van der Waals surface area contributed by atoms with Gasteiger partial charge in [-0.05, 0) is 25.8 Å². The molecule has 1 fully saturated rings. The summed E-state index contributed by atoms with van der Waals surface area (Å²) in [5.74, 6) is -0.352. The molecule has 1 aliphatic rings. The summed E-state index contributed by atoms with van der Waals surface area (Å²) in [6, 6.07) is 4.02. The van der Waals surface area contributed by atoms with Crippen LogP contribution in [-0.4, -0.2) is 50.2 Å². The number of rotatable bonds is 7. The monoisotopic (exact) mass is 366 g/mol. The summed E-state index contributed by atoms with van der Waals surface area (Å²) >= 11 is 0. The molecule has 0 saturated carbocycles. The lowest BCUT2D eigenvalue weighted by Gasteiger charge is -2.28. The highest BCUT2D eigenvalue weighted by Gasteiger charge is 2.31. The standard InChI is InChI=1S/C17H23N3O6/c1-3-26-17(22)12-5-4-8-19(10-12)11-16(21)18-14-9-13(20(23)24)6-7-15(14)25-2/h6-7,9,12H,3-5,8,10-11H2,1-2H3,(H,18,21)/p+1/t12-/m1/s1. The van der Waals surface area contributed by atoms with Gasteiger partial charge >= 0.3 is 5.97 Å². The SMILES string of the molecule is CCOC(=O)[C@@H]1CCC[NH+](CC(=O)Nc2cc([N+](=O)[O-])ccc2OC)C1. The van der Waals surface area contributed by atoms with Crippen molar-refractivity contribution in [1.29, 1.82) is 0 Å². The number of methoxy groups -OCH3 is 1. The largest absolute Gasteiger partial charge is 0.495 e. The van der Waals surface area contributed by atoms with Gasteiger partial charge in [0.25, 0.3) is 11.6 Å². The van der Waals surface area contributed by atoms with Gasteiger partial charge in [0.1, 0.15) is 11.7 Å². The van der Waals surface area contributed by atoms with Gasteiger partial charge < -0.3 is 19.7 Å². The van der Waals surface area contributed by atoms with Crippen LogP contribution in [0.4, 0.5) is 11.4 Å². The molecule has 9 nitrogen and oxygen atoms in total. The molecule has 1 unspecified atom stereocenters. The minimum Gasteiger partial charge on any atom is -0.495 e. The molecule has 142 valence electrons. The van der Waals surface area contributed by atoms with Crippen LogP contribution in [0.25, 0.3) is 0 Å². The highest BCUT2D eigenvalue weighted by atomic mass is 16.6. The second kappa shape index (κ2) is 9.14. The Morgan fingerprint density at radius 3 is 2.85 bits per heavy atom. The number of carbonyl (C=O) groups is 2. The Hall–Kier alpha value is -2.68. The fourth-order valence-corrected chi connectivity index (χ4v) is 3.10. The third-order valence-corrected chi connectivity index (χ3v) is 4.32. The van der Waals surface area contributed by atoms with Gasteiger partial charge in [-0.25, -0.2) is 0 Å². The van der Waals surface area contributed by atoms with E-state index in [0.717, 1.165) is 24.3 Å². The van der Waals surface area contributed by atoms with Crippen LogP contribution in [0.2, 0.25) is 0 Å². The zero-order valence-electron chi connectivity index (χ0n) is 14.9. The average Bonchev–Trinajstić information content (AvgIpc) is 2.62. The summed E-state index contributed by atoms with van der Waals surface area (Å²) in [6.07, 6.45) is 1.61. The van der Waals surface area contributed by atoms with E-state index >= 15 is 0 Å². The minimum absolute atomic E-state index is 0.131. The molecule has 0 bridgehead atoms. The zero-order valence-corrected chi connectivity index (χ0v) is 14.9. The molecule has 26 heavy (non-hydrogen) atoms. The number of carbonyl (C=O) groups excluding carboxylic acids is 2. The van der Waals surface area contributed by atoms with Crippen LogP contribution >= 0.6 is 0 Å². The van der Waals surface area contributed by atoms with Crippen molar-refractivity contribution in [3.63, 3.8) is 0 Å². The van der Waals surface area contributed by atoms with Gasteiger partial charge in [0.2, 0.25) is 0 Å². The number of nitrogens with zero attached hydrogens (tertiary/aromatic N) is 1. The molecule has 1 heterocycles. The number of hydrogen-bond donors (Lipinski definition) is 2. The van der Waals surface area contributed by atoms with Crippen molar-refractivity contribution < 1.29 is 28.9 Å². The van der Waals surface area contributed by atoms with E-state index in [1.807, 2.05) is 0 Å². The van der Waals surface area contributed by atoms with E-state index in [1.54, 1.807) is 6.92 Å². The number of ether oxygens (including phenoxy) is 2. The maximum Gasteiger partial charge on any atom is 0.314 e. The molecule has 9 heteroatoms. The first kappa shape index (κ1) is 19.6. The van der Waals surface area contributed by atoms with E-state index in [1.165, 1.54) is 25.3 Å². The van der Waals surface area contributed by atoms with Crippen molar-refractivity contribution in [3.8, 4) is 5.75 Å². The van der Waals surface area contributed by atoms with E-state index in [4.69, 9.17) is 9.47 Å². The van der Waals surface area contributed by atoms with Crippen molar-refractivity contribution in [3.05, 3.63) is 28.3 Å². The predicted molar refractivity (Wildman–Crippen MR) is 93.2 cm³/mol. The number of nitrogens with one attached hydrogen (secondary N) is 2. The number of hydrogen-bond acceptors (Lipinski definition) is 6. The maximum atomic E-state index is 12.4. The normalized spacial score (nSPS) is 19.5. The van der Waals surface area contributed by atoms with Gasteiger partial charge in [-0.15, -0.1) is 0 Å². The molecular formula is C17H24N3O6+. The molecule has 0 aromatic heterocycles. The van der Waals surface area contributed by atoms with Gasteiger partial charge in [-0.3, -0.25) is 19.7 Å². The molecule has 2 atom stereocenters. The van der Waals surface area contributed by atoms with E-state index in [9.17, 15) is 19.7 Å². The van der Waals surface area contributed by atoms with Crippen LogP contribution < -0.4 is 15.0 Å². The molecule has 0 spiro atoms. The molecular weight excluding hydrogens is 342 g/mol. The molecule has 1 aliphatic heterocycles. The lowest BCUT2D eigenvalue weighted by Crippen LogP contribution is -3.14. The first-order valence-electron chi connectivity index (χ1n) is 8.57. The third-order valence-electron chi connectivity index (χ3n) is 4.32. The average molecular weight is 366 g/mol. The number of amides is 1. The van der Waals surface area contributed by atoms with Crippen LogP contribution in [-0.2, 0) is 14.3 Å². The number of esters is 1. The fraction of sp³-hybridized carbons (Fsp3) is 0.529. The van der Waals surface area contributed by atoms with Crippen molar-refractivity contribution in [2.75, 3.05) is 38.7 Å². The Labute approximate surface area is 151 Å². The Morgan fingerprint density at radius 1 is 1.42 bits per heavy atom. The van der Waals surface area contributed by atoms with Crippen LogP contribution in [0, 0.1) is 16.0 Å². The van der Waals surface area contributed by atoms with Crippen LogP contribution in [0.15, 0.2) is 18.2 Å².